The third-order valence-corrected chi connectivity index (χ3v) is 3.36. The highest BCUT2D eigenvalue weighted by Crippen LogP contribution is 2.32. The van der Waals surface area contributed by atoms with Gasteiger partial charge in [0.25, 0.3) is 0 Å². The van der Waals surface area contributed by atoms with Crippen molar-refractivity contribution in [1.82, 2.24) is 4.98 Å². The van der Waals surface area contributed by atoms with Gasteiger partial charge in [0.05, 0.1) is 5.69 Å². The van der Waals surface area contributed by atoms with Crippen molar-refractivity contribution >= 4 is 23.2 Å². The summed E-state index contributed by atoms with van der Waals surface area (Å²) in [5.74, 6) is 0.815. The molecule has 0 spiro atoms. The van der Waals surface area contributed by atoms with E-state index in [9.17, 15) is 0 Å². The van der Waals surface area contributed by atoms with Gasteiger partial charge in [-0.1, -0.05) is 18.3 Å². The number of rotatable bonds is 1. The maximum atomic E-state index is 4.39. The molecule has 0 aromatic carbocycles. The second-order valence-corrected chi connectivity index (χ2v) is 4.43. The smallest absolute Gasteiger partial charge is 0.208 e. The highest BCUT2D eigenvalue weighted by atomic mass is 32.1. The standard InChI is InChI=1S/C9H12N2S/c1-6-3-4-7-8(5-6)12-9(10-2)11-7/h6H,2-5H2,1H3/t6-/m1/s1. The number of aliphatic imine (C=N–C) groups is 1. The number of nitrogens with zero attached hydrogens (tertiary/aromatic N) is 2. The van der Waals surface area contributed by atoms with Crippen LogP contribution in [0, 0.1) is 5.92 Å². The van der Waals surface area contributed by atoms with Crippen molar-refractivity contribution < 1.29 is 0 Å². The highest BCUT2D eigenvalue weighted by molar-refractivity contribution is 7.15. The summed E-state index contributed by atoms with van der Waals surface area (Å²) in [7, 11) is 0. The van der Waals surface area contributed by atoms with Crippen LogP contribution >= 0.6 is 11.3 Å². The van der Waals surface area contributed by atoms with Gasteiger partial charge in [0.2, 0.25) is 5.13 Å². The lowest BCUT2D eigenvalue weighted by Crippen LogP contribution is -2.08. The van der Waals surface area contributed by atoms with E-state index in [1.54, 1.807) is 11.3 Å². The van der Waals surface area contributed by atoms with Gasteiger partial charge in [-0.15, -0.1) is 0 Å². The molecule has 2 nitrogen and oxygen atoms in total. The summed E-state index contributed by atoms with van der Waals surface area (Å²) in [6.45, 7) is 5.79. The molecule has 1 atom stereocenters. The summed E-state index contributed by atoms with van der Waals surface area (Å²) in [4.78, 5) is 9.68. The van der Waals surface area contributed by atoms with Gasteiger partial charge in [-0.2, -0.15) is 0 Å². The second-order valence-electron chi connectivity index (χ2n) is 3.37. The molecule has 0 radical (unpaired) electrons. The quantitative estimate of drug-likeness (QED) is 0.610. The Morgan fingerprint density at radius 1 is 1.67 bits per heavy atom. The van der Waals surface area contributed by atoms with Crippen LogP contribution in [0.5, 0.6) is 0 Å². The van der Waals surface area contributed by atoms with Crippen molar-refractivity contribution in [1.29, 1.82) is 0 Å². The molecule has 64 valence electrons. The molecule has 1 aromatic rings. The Morgan fingerprint density at radius 3 is 3.25 bits per heavy atom. The van der Waals surface area contributed by atoms with E-state index in [1.165, 1.54) is 23.4 Å². The van der Waals surface area contributed by atoms with E-state index in [1.807, 2.05) is 0 Å². The maximum Gasteiger partial charge on any atom is 0.208 e. The van der Waals surface area contributed by atoms with Gasteiger partial charge >= 0.3 is 0 Å². The van der Waals surface area contributed by atoms with Crippen LogP contribution in [0.3, 0.4) is 0 Å². The average molecular weight is 180 g/mol. The second kappa shape index (κ2) is 2.98. The molecule has 0 fully saturated rings. The Balaban J connectivity index is 2.34. The maximum absolute atomic E-state index is 4.39. The Kier molecular flexibility index (Phi) is 1.97. The molecule has 0 unspecified atom stereocenters. The normalized spacial score (nSPS) is 21.9. The Labute approximate surface area is 76.4 Å². The minimum Gasteiger partial charge on any atom is -0.236 e. The van der Waals surface area contributed by atoms with Crippen LogP contribution in [-0.4, -0.2) is 11.7 Å². The van der Waals surface area contributed by atoms with Crippen molar-refractivity contribution in [2.24, 2.45) is 10.9 Å². The van der Waals surface area contributed by atoms with Crippen LogP contribution in [0.25, 0.3) is 0 Å². The van der Waals surface area contributed by atoms with Crippen molar-refractivity contribution in [2.45, 2.75) is 26.2 Å². The first-order valence-electron chi connectivity index (χ1n) is 4.25. The SMILES string of the molecule is C=Nc1nc2c(s1)C[C@H](C)CC2. The zero-order valence-corrected chi connectivity index (χ0v) is 8.02. The molecule has 3 heteroatoms. The van der Waals surface area contributed by atoms with Gasteiger partial charge in [0.1, 0.15) is 0 Å². The minimum atomic E-state index is 0.815. The highest BCUT2D eigenvalue weighted by Gasteiger charge is 2.18. The van der Waals surface area contributed by atoms with Crippen molar-refractivity contribution in [2.75, 3.05) is 0 Å². The third kappa shape index (κ3) is 1.29. The molecule has 0 aliphatic heterocycles. The zero-order valence-electron chi connectivity index (χ0n) is 7.21. The van der Waals surface area contributed by atoms with Crippen molar-refractivity contribution in [3.8, 4) is 0 Å². The summed E-state index contributed by atoms with van der Waals surface area (Å²) in [6, 6.07) is 0. The lowest BCUT2D eigenvalue weighted by molar-refractivity contribution is 0.502. The molecule has 0 saturated carbocycles. The van der Waals surface area contributed by atoms with Crippen LogP contribution in [-0.2, 0) is 12.8 Å². The predicted octanol–water partition coefficient (Wildman–Crippen LogP) is 2.60. The molecule has 1 aromatic heterocycles. The summed E-state index contributed by atoms with van der Waals surface area (Å²) < 4.78 is 0. The molecule has 12 heavy (non-hydrogen) atoms. The lowest BCUT2D eigenvalue weighted by Gasteiger charge is -2.15. The van der Waals surface area contributed by atoms with Crippen LogP contribution in [0.4, 0.5) is 5.13 Å². The topological polar surface area (TPSA) is 25.2 Å². The van der Waals surface area contributed by atoms with Gasteiger partial charge < -0.3 is 0 Å². The van der Waals surface area contributed by atoms with E-state index >= 15 is 0 Å². The zero-order chi connectivity index (χ0) is 8.55. The lowest BCUT2D eigenvalue weighted by atomic mass is 9.93. The van der Waals surface area contributed by atoms with Crippen LogP contribution in [0.2, 0.25) is 0 Å². The van der Waals surface area contributed by atoms with Gasteiger partial charge in [-0.05, 0) is 31.9 Å². The molecular weight excluding hydrogens is 168 g/mol. The van der Waals surface area contributed by atoms with E-state index in [0.717, 1.165) is 17.5 Å². The van der Waals surface area contributed by atoms with Crippen molar-refractivity contribution in [3.63, 3.8) is 0 Å². The number of fused-ring (bicyclic) bond motifs is 1. The first kappa shape index (κ1) is 7.92. The fourth-order valence-corrected chi connectivity index (χ4v) is 2.67. The molecule has 0 amide bonds. The Hall–Kier alpha value is -0.700. The van der Waals surface area contributed by atoms with E-state index in [0.29, 0.717) is 0 Å². The predicted molar refractivity (Wildman–Crippen MR) is 52.5 cm³/mol. The Bertz CT molecular complexity index is 303. The van der Waals surface area contributed by atoms with Gasteiger partial charge in [-0.3, -0.25) is 0 Å². The number of aryl methyl sites for hydroxylation is 1. The molecule has 1 aliphatic rings. The largest absolute Gasteiger partial charge is 0.236 e. The summed E-state index contributed by atoms with van der Waals surface area (Å²) >= 11 is 1.70. The molecule has 1 aliphatic carbocycles. The first-order chi connectivity index (χ1) is 5.79. The molecular formula is C9H12N2S. The fourth-order valence-electron chi connectivity index (χ4n) is 1.59. The fraction of sp³-hybridized carbons (Fsp3) is 0.556. The summed E-state index contributed by atoms with van der Waals surface area (Å²) in [5, 5.41) is 0.842. The molecule has 0 saturated heterocycles. The summed E-state index contributed by atoms with van der Waals surface area (Å²) in [5.41, 5.74) is 1.26. The van der Waals surface area contributed by atoms with Crippen LogP contribution < -0.4 is 0 Å². The summed E-state index contributed by atoms with van der Waals surface area (Å²) in [6.07, 6.45) is 3.58. The van der Waals surface area contributed by atoms with Crippen LogP contribution in [0.1, 0.15) is 23.9 Å². The molecule has 2 rings (SSSR count). The van der Waals surface area contributed by atoms with Gasteiger partial charge in [0.15, 0.2) is 0 Å². The van der Waals surface area contributed by atoms with E-state index in [2.05, 4.69) is 23.6 Å². The Morgan fingerprint density at radius 2 is 2.50 bits per heavy atom. The number of hydrogen-bond donors (Lipinski definition) is 0. The monoisotopic (exact) mass is 180 g/mol. The van der Waals surface area contributed by atoms with E-state index in [4.69, 9.17) is 0 Å². The molecule has 0 N–H and O–H groups in total. The first-order valence-corrected chi connectivity index (χ1v) is 5.06. The number of hydrogen-bond acceptors (Lipinski definition) is 3. The number of thiazole rings is 1. The van der Waals surface area contributed by atoms with Crippen LogP contribution in [0.15, 0.2) is 4.99 Å². The molecule has 0 bridgehead atoms. The van der Waals surface area contributed by atoms with Crippen molar-refractivity contribution in [3.05, 3.63) is 10.6 Å². The van der Waals surface area contributed by atoms with Gasteiger partial charge in [-0.25, -0.2) is 9.98 Å². The van der Waals surface area contributed by atoms with E-state index in [-0.39, 0.29) is 0 Å². The average Bonchev–Trinajstić information content (AvgIpc) is 2.46. The third-order valence-electron chi connectivity index (χ3n) is 2.31. The molecule has 1 heterocycles. The van der Waals surface area contributed by atoms with Gasteiger partial charge in [0, 0.05) is 4.88 Å². The minimum absolute atomic E-state index is 0.815. The number of aromatic nitrogens is 1. The van der Waals surface area contributed by atoms with E-state index < -0.39 is 0 Å².